The summed E-state index contributed by atoms with van der Waals surface area (Å²) in [5, 5.41) is 0. The molecule has 19 heavy (non-hydrogen) atoms. The van der Waals surface area contributed by atoms with Gasteiger partial charge in [-0.1, -0.05) is 47.8 Å². The highest BCUT2D eigenvalue weighted by atomic mass is 79.9. The Balaban J connectivity index is 2.09. The smallest absolute Gasteiger partial charge is 0.0976 e. The zero-order valence-electron chi connectivity index (χ0n) is 11.8. The van der Waals surface area contributed by atoms with E-state index in [4.69, 9.17) is 10.5 Å². The van der Waals surface area contributed by atoms with Gasteiger partial charge < -0.3 is 10.5 Å². The van der Waals surface area contributed by atoms with Crippen molar-refractivity contribution in [3.8, 4) is 0 Å². The molecule has 2 nitrogen and oxygen atoms in total. The lowest BCUT2D eigenvalue weighted by Crippen LogP contribution is -2.34. The maximum absolute atomic E-state index is 6.35. The molecule has 1 saturated carbocycles. The lowest BCUT2D eigenvalue weighted by Gasteiger charge is -2.34. The van der Waals surface area contributed by atoms with Crippen molar-refractivity contribution in [3.05, 3.63) is 34.3 Å². The molecule has 3 heteroatoms. The van der Waals surface area contributed by atoms with Gasteiger partial charge in [-0.3, -0.25) is 0 Å². The molecule has 0 bridgehead atoms. The Kier molecular flexibility index (Phi) is 5.43. The van der Waals surface area contributed by atoms with E-state index >= 15 is 0 Å². The predicted octanol–water partition coefficient (Wildman–Crippen LogP) is 4.43. The molecule has 0 spiro atoms. The molecule has 1 aliphatic carbocycles. The van der Waals surface area contributed by atoms with Gasteiger partial charge in [-0.05, 0) is 43.4 Å². The number of rotatable bonds is 4. The van der Waals surface area contributed by atoms with Gasteiger partial charge >= 0.3 is 0 Å². The number of hydrogen-bond donors (Lipinski definition) is 1. The molecule has 0 amide bonds. The fourth-order valence-corrected chi connectivity index (χ4v) is 3.10. The van der Waals surface area contributed by atoms with Crippen molar-refractivity contribution in [1.29, 1.82) is 0 Å². The summed E-state index contributed by atoms with van der Waals surface area (Å²) in [5.74, 6) is 0.644. The van der Waals surface area contributed by atoms with Gasteiger partial charge in [0, 0.05) is 10.5 Å². The minimum Gasteiger partial charge on any atom is -0.368 e. The van der Waals surface area contributed by atoms with Crippen LogP contribution in [0.4, 0.5) is 0 Å². The molecule has 0 aromatic heterocycles. The number of ether oxygens (including phenoxy) is 1. The lowest BCUT2D eigenvalue weighted by atomic mass is 9.87. The molecule has 2 rings (SSSR count). The lowest BCUT2D eigenvalue weighted by molar-refractivity contribution is -0.0651. The van der Waals surface area contributed by atoms with Crippen LogP contribution in [0.2, 0.25) is 0 Å². The average Bonchev–Trinajstić information content (AvgIpc) is 2.39. The van der Waals surface area contributed by atoms with Crippen LogP contribution < -0.4 is 5.73 Å². The van der Waals surface area contributed by atoms with Crippen LogP contribution in [-0.4, -0.2) is 12.1 Å². The Bertz CT molecular complexity index is 390. The fraction of sp³-hybridized carbons (Fsp3) is 0.625. The molecule has 4 unspecified atom stereocenters. The van der Waals surface area contributed by atoms with E-state index in [1.54, 1.807) is 0 Å². The summed E-state index contributed by atoms with van der Waals surface area (Å²) in [6.07, 6.45) is 5.41. The molecular weight excluding hydrogens is 302 g/mol. The summed E-state index contributed by atoms with van der Waals surface area (Å²) >= 11 is 3.47. The van der Waals surface area contributed by atoms with Crippen LogP contribution in [0.5, 0.6) is 0 Å². The van der Waals surface area contributed by atoms with Crippen molar-refractivity contribution in [2.24, 2.45) is 11.7 Å². The summed E-state index contributed by atoms with van der Waals surface area (Å²) < 4.78 is 7.44. The first-order chi connectivity index (χ1) is 9.08. The number of nitrogens with two attached hydrogens (primary N) is 1. The molecule has 2 N–H and O–H groups in total. The van der Waals surface area contributed by atoms with Gasteiger partial charge in [-0.25, -0.2) is 0 Å². The van der Waals surface area contributed by atoms with Crippen molar-refractivity contribution in [2.75, 3.05) is 0 Å². The second-order valence-corrected chi connectivity index (χ2v) is 6.68. The average molecular weight is 326 g/mol. The quantitative estimate of drug-likeness (QED) is 0.888. The first kappa shape index (κ1) is 15.0. The molecule has 0 saturated heterocycles. The highest BCUT2D eigenvalue weighted by molar-refractivity contribution is 9.10. The van der Waals surface area contributed by atoms with Gasteiger partial charge in [0.15, 0.2) is 0 Å². The van der Waals surface area contributed by atoms with Gasteiger partial charge in [0.05, 0.1) is 12.2 Å². The van der Waals surface area contributed by atoms with E-state index in [0.717, 1.165) is 4.47 Å². The van der Waals surface area contributed by atoms with E-state index in [2.05, 4.69) is 47.1 Å². The second-order valence-electron chi connectivity index (χ2n) is 5.77. The Morgan fingerprint density at radius 2 is 1.84 bits per heavy atom. The number of halogens is 1. The van der Waals surface area contributed by atoms with E-state index in [1.165, 1.54) is 31.2 Å². The van der Waals surface area contributed by atoms with Crippen LogP contribution in [0.25, 0.3) is 0 Å². The zero-order chi connectivity index (χ0) is 13.8. The van der Waals surface area contributed by atoms with Crippen molar-refractivity contribution in [2.45, 2.75) is 57.8 Å². The van der Waals surface area contributed by atoms with E-state index in [0.29, 0.717) is 12.0 Å². The third-order valence-electron chi connectivity index (χ3n) is 4.03. The summed E-state index contributed by atoms with van der Waals surface area (Å²) in [6.45, 7) is 4.32. The highest BCUT2D eigenvalue weighted by Crippen LogP contribution is 2.32. The van der Waals surface area contributed by atoms with Crippen LogP contribution in [0, 0.1) is 5.92 Å². The molecule has 106 valence electrons. The van der Waals surface area contributed by atoms with Gasteiger partial charge in [-0.15, -0.1) is 0 Å². The Hall–Kier alpha value is -0.380. The summed E-state index contributed by atoms with van der Waals surface area (Å²) in [7, 11) is 0. The van der Waals surface area contributed by atoms with E-state index < -0.39 is 0 Å². The van der Waals surface area contributed by atoms with Gasteiger partial charge in [0.1, 0.15) is 0 Å². The predicted molar refractivity (Wildman–Crippen MR) is 83.0 cm³/mol. The van der Waals surface area contributed by atoms with Crippen LogP contribution >= 0.6 is 15.9 Å². The second kappa shape index (κ2) is 6.87. The third-order valence-corrected chi connectivity index (χ3v) is 4.56. The normalized spacial score (nSPS) is 26.9. The molecule has 0 radical (unpaired) electrons. The molecule has 1 fully saturated rings. The summed E-state index contributed by atoms with van der Waals surface area (Å²) in [6, 6.07) is 8.32. The maximum atomic E-state index is 6.35. The number of benzene rings is 1. The topological polar surface area (TPSA) is 35.2 Å². The van der Waals surface area contributed by atoms with Crippen LogP contribution in [0.3, 0.4) is 0 Å². The Morgan fingerprint density at radius 3 is 2.42 bits per heavy atom. The molecule has 4 atom stereocenters. The van der Waals surface area contributed by atoms with Crippen LogP contribution in [0.1, 0.15) is 51.2 Å². The molecule has 1 aromatic rings. The summed E-state index contributed by atoms with van der Waals surface area (Å²) in [5.41, 5.74) is 7.31. The van der Waals surface area contributed by atoms with Crippen molar-refractivity contribution in [1.82, 2.24) is 0 Å². The SMILES string of the molecule is CC(N)C(OC1CCCCC1C)c1ccc(Br)cc1. The molecular formula is C16H24BrNO. The highest BCUT2D eigenvalue weighted by Gasteiger charge is 2.27. The van der Waals surface area contributed by atoms with Crippen molar-refractivity contribution < 1.29 is 4.74 Å². The molecule has 0 heterocycles. The first-order valence-electron chi connectivity index (χ1n) is 7.24. The van der Waals surface area contributed by atoms with Gasteiger partial charge in [0.2, 0.25) is 0 Å². The molecule has 0 aliphatic heterocycles. The van der Waals surface area contributed by atoms with Crippen molar-refractivity contribution >= 4 is 15.9 Å². The van der Waals surface area contributed by atoms with Crippen LogP contribution in [-0.2, 0) is 4.74 Å². The Labute approximate surface area is 124 Å². The molecule has 1 aromatic carbocycles. The first-order valence-corrected chi connectivity index (χ1v) is 8.03. The molecule has 1 aliphatic rings. The fourth-order valence-electron chi connectivity index (χ4n) is 2.83. The maximum Gasteiger partial charge on any atom is 0.0976 e. The number of hydrogen-bond acceptors (Lipinski definition) is 2. The van der Waals surface area contributed by atoms with Gasteiger partial charge in [0.25, 0.3) is 0 Å². The Morgan fingerprint density at radius 1 is 1.21 bits per heavy atom. The zero-order valence-corrected chi connectivity index (χ0v) is 13.4. The minimum absolute atomic E-state index is 0.00125. The monoisotopic (exact) mass is 325 g/mol. The largest absolute Gasteiger partial charge is 0.368 e. The standard InChI is InChI=1S/C16H24BrNO/c1-11-5-3-4-6-15(11)19-16(12(2)18)13-7-9-14(17)10-8-13/h7-12,15-16H,3-6,18H2,1-2H3. The van der Waals surface area contributed by atoms with E-state index in [-0.39, 0.29) is 12.1 Å². The van der Waals surface area contributed by atoms with E-state index in [1.807, 2.05) is 6.92 Å². The van der Waals surface area contributed by atoms with E-state index in [9.17, 15) is 0 Å². The summed E-state index contributed by atoms with van der Waals surface area (Å²) in [4.78, 5) is 0. The third kappa shape index (κ3) is 4.04. The minimum atomic E-state index is -0.00125. The van der Waals surface area contributed by atoms with Crippen molar-refractivity contribution in [3.63, 3.8) is 0 Å². The van der Waals surface area contributed by atoms with Gasteiger partial charge in [-0.2, -0.15) is 0 Å². The van der Waals surface area contributed by atoms with Crippen LogP contribution in [0.15, 0.2) is 28.7 Å².